The maximum Gasteiger partial charge on any atom is 0.157 e. The van der Waals surface area contributed by atoms with Gasteiger partial charge in [0.05, 0.1) is 16.6 Å². The second-order valence-electron chi connectivity index (χ2n) is 6.58. The highest BCUT2D eigenvalue weighted by molar-refractivity contribution is 7.22. The van der Waals surface area contributed by atoms with Crippen LogP contribution in [0.4, 0.5) is 0 Å². The summed E-state index contributed by atoms with van der Waals surface area (Å²) in [4.78, 5) is 9.48. The summed E-state index contributed by atoms with van der Waals surface area (Å²) in [5.41, 5.74) is 5.05. The molecule has 0 saturated carbocycles. The third-order valence-electron chi connectivity index (χ3n) is 4.89. The Labute approximate surface area is 158 Å². The lowest BCUT2D eigenvalue weighted by atomic mass is 10.1. The van der Waals surface area contributed by atoms with Gasteiger partial charge in [-0.2, -0.15) is 5.10 Å². The minimum atomic E-state index is 0.812. The van der Waals surface area contributed by atoms with E-state index >= 15 is 0 Å². The summed E-state index contributed by atoms with van der Waals surface area (Å²) in [7, 11) is 0. The zero-order valence-corrected chi connectivity index (χ0v) is 15.0. The van der Waals surface area contributed by atoms with Gasteiger partial charge in [-0.05, 0) is 41.3 Å². The van der Waals surface area contributed by atoms with Gasteiger partial charge in [0.25, 0.3) is 0 Å². The molecule has 3 aromatic carbocycles. The monoisotopic (exact) mass is 366 g/mol. The quantitative estimate of drug-likeness (QED) is 0.395. The van der Waals surface area contributed by atoms with Crippen LogP contribution in [0.3, 0.4) is 0 Å². The third kappa shape index (κ3) is 2.29. The molecule has 4 nitrogen and oxygen atoms in total. The number of hydrogen-bond donors (Lipinski definition) is 2. The van der Waals surface area contributed by atoms with Crippen LogP contribution in [-0.4, -0.2) is 20.2 Å². The summed E-state index contributed by atoms with van der Waals surface area (Å²) in [6.07, 6.45) is 0. The number of hydrogen-bond acceptors (Lipinski definition) is 3. The molecule has 3 aromatic heterocycles. The molecule has 0 saturated heterocycles. The van der Waals surface area contributed by atoms with Gasteiger partial charge in [-0.1, -0.05) is 42.5 Å². The molecule has 3 heterocycles. The largest absolute Gasteiger partial charge is 0.337 e. The smallest absolute Gasteiger partial charge is 0.157 e. The number of rotatable bonds is 2. The SMILES string of the molecule is c1ccc2sc(-c3ccc4nc(-c5[nH]nc6ccccc56)[nH]c4c3)cc2c1. The third-order valence-corrected chi connectivity index (χ3v) is 6.06. The fourth-order valence-electron chi connectivity index (χ4n) is 3.54. The van der Waals surface area contributed by atoms with E-state index in [-0.39, 0.29) is 0 Å². The van der Waals surface area contributed by atoms with Crippen molar-refractivity contribution in [3.05, 3.63) is 72.8 Å². The Morgan fingerprint density at radius 1 is 0.815 bits per heavy atom. The van der Waals surface area contributed by atoms with Gasteiger partial charge in [0.15, 0.2) is 5.82 Å². The van der Waals surface area contributed by atoms with Gasteiger partial charge in [-0.3, -0.25) is 5.10 Å². The molecule has 0 radical (unpaired) electrons. The van der Waals surface area contributed by atoms with E-state index in [1.165, 1.54) is 20.5 Å². The molecule has 0 aliphatic heterocycles. The second-order valence-corrected chi connectivity index (χ2v) is 7.67. The molecule has 0 aliphatic rings. The van der Waals surface area contributed by atoms with Crippen molar-refractivity contribution in [1.82, 2.24) is 20.2 Å². The molecule has 0 atom stereocenters. The van der Waals surface area contributed by atoms with E-state index in [2.05, 4.69) is 69.8 Å². The Balaban J connectivity index is 1.49. The van der Waals surface area contributed by atoms with Gasteiger partial charge < -0.3 is 4.98 Å². The molecule has 6 rings (SSSR count). The molecule has 6 aromatic rings. The Bertz CT molecular complexity index is 1400. The Morgan fingerprint density at radius 3 is 2.67 bits per heavy atom. The number of aromatic nitrogens is 4. The van der Waals surface area contributed by atoms with E-state index < -0.39 is 0 Å². The molecule has 0 bridgehead atoms. The van der Waals surface area contributed by atoms with Crippen molar-refractivity contribution in [2.45, 2.75) is 0 Å². The first kappa shape index (κ1) is 14.7. The van der Waals surface area contributed by atoms with Gasteiger partial charge in [-0.25, -0.2) is 4.98 Å². The number of para-hydroxylation sites is 1. The molecular formula is C22H14N4S. The van der Waals surface area contributed by atoms with Crippen molar-refractivity contribution in [3.8, 4) is 22.0 Å². The van der Waals surface area contributed by atoms with Crippen LogP contribution in [0, 0.1) is 0 Å². The van der Waals surface area contributed by atoms with E-state index in [1.54, 1.807) is 0 Å². The summed E-state index contributed by atoms with van der Waals surface area (Å²) < 4.78 is 1.31. The molecular weight excluding hydrogens is 352 g/mol. The lowest BCUT2D eigenvalue weighted by Gasteiger charge is -1.96. The number of benzene rings is 3. The van der Waals surface area contributed by atoms with Crippen LogP contribution in [0.15, 0.2) is 72.8 Å². The maximum atomic E-state index is 4.76. The number of H-pyrrole nitrogens is 2. The van der Waals surface area contributed by atoms with Gasteiger partial charge >= 0.3 is 0 Å². The first-order valence-electron chi connectivity index (χ1n) is 8.77. The van der Waals surface area contributed by atoms with E-state index in [0.717, 1.165) is 33.5 Å². The van der Waals surface area contributed by atoms with Crippen LogP contribution in [0.25, 0.3) is 54.0 Å². The average Bonchev–Trinajstić information content (AvgIpc) is 3.42. The van der Waals surface area contributed by atoms with Crippen molar-refractivity contribution in [2.75, 3.05) is 0 Å². The van der Waals surface area contributed by atoms with Crippen LogP contribution < -0.4 is 0 Å². The summed E-state index contributed by atoms with van der Waals surface area (Å²) in [6, 6.07) is 25.2. The van der Waals surface area contributed by atoms with E-state index in [9.17, 15) is 0 Å². The summed E-state index contributed by atoms with van der Waals surface area (Å²) in [5, 5.41) is 9.84. The highest BCUT2D eigenvalue weighted by Crippen LogP contribution is 2.35. The number of nitrogens with zero attached hydrogens (tertiary/aromatic N) is 2. The average molecular weight is 366 g/mol. The number of fused-ring (bicyclic) bond motifs is 3. The number of thiophene rings is 1. The zero-order valence-electron chi connectivity index (χ0n) is 14.2. The van der Waals surface area contributed by atoms with Gasteiger partial charge in [0.1, 0.15) is 5.69 Å². The van der Waals surface area contributed by atoms with Gasteiger partial charge in [-0.15, -0.1) is 11.3 Å². The van der Waals surface area contributed by atoms with Crippen molar-refractivity contribution >= 4 is 43.4 Å². The second kappa shape index (κ2) is 5.53. The van der Waals surface area contributed by atoms with Gasteiger partial charge in [0.2, 0.25) is 0 Å². The fourth-order valence-corrected chi connectivity index (χ4v) is 4.60. The summed E-state index contributed by atoms with van der Waals surface area (Å²) in [6.45, 7) is 0. The molecule has 128 valence electrons. The van der Waals surface area contributed by atoms with E-state index in [0.29, 0.717) is 0 Å². The van der Waals surface area contributed by atoms with E-state index in [1.807, 2.05) is 29.5 Å². The lowest BCUT2D eigenvalue weighted by molar-refractivity contribution is 1.11. The molecule has 0 unspecified atom stereocenters. The number of aromatic amines is 2. The number of imidazole rings is 1. The minimum absolute atomic E-state index is 0.812. The lowest BCUT2D eigenvalue weighted by Crippen LogP contribution is -1.80. The van der Waals surface area contributed by atoms with Crippen LogP contribution in [0.2, 0.25) is 0 Å². The predicted octanol–water partition coefficient (Wildman–Crippen LogP) is 5.99. The first-order chi connectivity index (χ1) is 13.3. The van der Waals surface area contributed by atoms with Crippen molar-refractivity contribution in [2.24, 2.45) is 0 Å². The fraction of sp³-hybridized carbons (Fsp3) is 0. The normalized spacial score (nSPS) is 11.7. The van der Waals surface area contributed by atoms with E-state index in [4.69, 9.17) is 4.98 Å². The molecule has 0 fully saturated rings. The van der Waals surface area contributed by atoms with Crippen molar-refractivity contribution in [1.29, 1.82) is 0 Å². The topological polar surface area (TPSA) is 57.4 Å². The molecule has 2 N–H and O–H groups in total. The first-order valence-corrected chi connectivity index (χ1v) is 9.59. The molecule has 0 amide bonds. The molecule has 0 aliphatic carbocycles. The van der Waals surface area contributed by atoms with Crippen molar-refractivity contribution < 1.29 is 0 Å². The van der Waals surface area contributed by atoms with Crippen LogP contribution >= 0.6 is 11.3 Å². The Kier molecular flexibility index (Phi) is 3.01. The van der Waals surface area contributed by atoms with Crippen LogP contribution in [-0.2, 0) is 0 Å². The standard InChI is InChI=1S/C22H14N4S/c1-4-8-19-13(5-1)12-20(27-19)14-9-10-17-18(11-14)24-22(23-17)21-15-6-2-3-7-16(15)25-26-21/h1-12H,(H,23,24)(H,25,26). The number of nitrogens with one attached hydrogen (secondary N) is 2. The van der Waals surface area contributed by atoms with Gasteiger partial charge in [0, 0.05) is 15.0 Å². The molecule has 5 heteroatoms. The van der Waals surface area contributed by atoms with Crippen LogP contribution in [0.1, 0.15) is 0 Å². The summed E-state index contributed by atoms with van der Waals surface area (Å²) in [5.74, 6) is 0.812. The Hall–Kier alpha value is -3.44. The molecule has 0 spiro atoms. The maximum absolute atomic E-state index is 4.76. The summed E-state index contributed by atoms with van der Waals surface area (Å²) >= 11 is 1.81. The van der Waals surface area contributed by atoms with Crippen molar-refractivity contribution in [3.63, 3.8) is 0 Å². The predicted molar refractivity (Wildman–Crippen MR) is 112 cm³/mol. The van der Waals surface area contributed by atoms with Crippen LogP contribution in [0.5, 0.6) is 0 Å². The Morgan fingerprint density at radius 2 is 1.70 bits per heavy atom. The molecule has 27 heavy (non-hydrogen) atoms. The highest BCUT2D eigenvalue weighted by Gasteiger charge is 2.12. The minimum Gasteiger partial charge on any atom is -0.337 e. The highest BCUT2D eigenvalue weighted by atomic mass is 32.1. The zero-order chi connectivity index (χ0) is 17.8.